The van der Waals surface area contributed by atoms with Gasteiger partial charge in [0.25, 0.3) is 0 Å². The van der Waals surface area contributed by atoms with E-state index in [9.17, 15) is 9.50 Å². The molecule has 1 saturated carbocycles. The molecule has 4 rings (SSSR count). The summed E-state index contributed by atoms with van der Waals surface area (Å²) >= 11 is 0. The molecule has 0 bridgehead atoms. The van der Waals surface area contributed by atoms with E-state index in [1.165, 1.54) is 0 Å². The average Bonchev–Trinajstić information content (AvgIpc) is 3.15. The maximum atomic E-state index is 14.0. The van der Waals surface area contributed by atoms with Crippen molar-refractivity contribution in [2.45, 2.75) is 57.5 Å². The van der Waals surface area contributed by atoms with Crippen molar-refractivity contribution in [3.8, 4) is 11.5 Å². The average molecular weight is 382 g/mol. The molecular weight excluding hydrogens is 355 g/mol. The molecule has 2 aliphatic rings. The summed E-state index contributed by atoms with van der Waals surface area (Å²) in [6, 6.07) is 15.1. The molecule has 2 aromatic carbocycles. The van der Waals surface area contributed by atoms with Crippen LogP contribution in [0.3, 0.4) is 0 Å². The van der Waals surface area contributed by atoms with Crippen molar-refractivity contribution in [1.29, 1.82) is 0 Å². The zero-order valence-corrected chi connectivity index (χ0v) is 16.1. The van der Waals surface area contributed by atoms with Gasteiger partial charge in [-0.2, -0.15) is 0 Å². The summed E-state index contributed by atoms with van der Waals surface area (Å²) in [6.45, 7) is 2.12. The molecule has 1 aliphatic carbocycles. The second-order valence-corrected chi connectivity index (χ2v) is 7.50. The van der Waals surface area contributed by atoms with Crippen LogP contribution in [0.25, 0.3) is 5.70 Å². The summed E-state index contributed by atoms with van der Waals surface area (Å²) in [4.78, 5) is 0. The highest BCUT2D eigenvalue weighted by Crippen LogP contribution is 2.31. The maximum Gasteiger partial charge on any atom is 0.137 e. The van der Waals surface area contributed by atoms with E-state index >= 15 is 0 Å². The molecule has 1 aliphatic heterocycles. The number of rotatable bonds is 5. The first-order valence-electron chi connectivity index (χ1n) is 10.1. The van der Waals surface area contributed by atoms with Gasteiger partial charge in [-0.1, -0.05) is 25.5 Å². The Labute approximate surface area is 165 Å². The molecule has 0 radical (unpaired) electrons. The molecule has 0 aromatic heterocycles. The standard InChI is InChI=1S/C23H27FN2O2/c1-2-20-22(26-23(25-20)16-7-11-17(27)12-8-16)15-9-13-18(14-10-15)28-21-6-4-3-5-19(21)24/h7-14,19,21,23,25-27H,2-6H2,1H3. The van der Waals surface area contributed by atoms with E-state index in [1.54, 1.807) is 12.1 Å². The minimum Gasteiger partial charge on any atom is -0.508 e. The van der Waals surface area contributed by atoms with Crippen LogP contribution in [0, 0.1) is 0 Å². The molecule has 2 aromatic rings. The molecule has 3 N–H and O–H groups in total. The fraction of sp³-hybridized carbons (Fsp3) is 0.391. The minimum atomic E-state index is -0.866. The van der Waals surface area contributed by atoms with Gasteiger partial charge in [-0.05, 0) is 73.2 Å². The van der Waals surface area contributed by atoms with Gasteiger partial charge in [-0.25, -0.2) is 4.39 Å². The first kappa shape index (κ1) is 18.7. The number of allylic oxidation sites excluding steroid dienone is 1. The van der Waals surface area contributed by atoms with Crippen LogP contribution < -0.4 is 15.4 Å². The Morgan fingerprint density at radius 3 is 2.39 bits per heavy atom. The van der Waals surface area contributed by atoms with Crippen LogP contribution in [0.2, 0.25) is 0 Å². The molecule has 5 heteroatoms. The van der Waals surface area contributed by atoms with Crippen molar-refractivity contribution < 1.29 is 14.2 Å². The third-order valence-corrected chi connectivity index (χ3v) is 5.54. The molecule has 148 valence electrons. The highest BCUT2D eigenvalue weighted by Gasteiger charge is 2.27. The van der Waals surface area contributed by atoms with E-state index in [-0.39, 0.29) is 18.0 Å². The number of nitrogens with one attached hydrogen (secondary N) is 2. The van der Waals surface area contributed by atoms with Crippen LogP contribution in [-0.2, 0) is 0 Å². The van der Waals surface area contributed by atoms with Crippen molar-refractivity contribution in [2.24, 2.45) is 0 Å². The zero-order valence-electron chi connectivity index (χ0n) is 16.1. The fourth-order valence-electron chi connectivity index (χ4n) is 3.94. The van der Waals surface area contributed by atoms with Crippen LogP contribution in [0.1, 0.15) is 56.3 Å². The van der Waals surface area contributed by atoms with Crippen LogP contribution in [-0.4, -0.2) is 17.4 Å². The highest BCUT2D eigenvalue weighted by molar-refractivity contribution is 5.69. The lowest BCUT2D eigenvalue weighted by Gasteiger charge is -2.26. The molecule has 0 saturated heterocycles. The predicted octanol–water partition coefficient (Wildman–Crippen LogP) is 5.02. The topological polar surface area (TPSA) is 53.5 Å². The van der Waals surface area contributed by atoms with Gasteiger partial charge in [0.05, 0.1) is 5.70 Å². The summed E-state index contributed by atoms with van der Waals surface area (Å²) in [6.07, 6.45) is 3.03. The lowest BCUT2D eigenvalue weighted by atomic mass is 9.96. The second kappa shape index (κ2) is 8.13. The van der Waals surface area contributed by atoms with E-state index in [1.807, 2.05) is 36.4 Å². The Kier molecular flexibility index (Phi) is 5.42. The SMILES string of the molecule is CCC1=C(c2ccc(OC3CCCCC3F)cc2)NC(c2ccc(O)cc2)N1. The smallest absolute Gasteiger partial charge is 0.137 e. The maximum absolute atomic E-state index is 14.0. The van der Waals surface area contributed by atoms with Gasteiger partial charge in [0.15, 0.2) is 0 Å². The normalized spacial score (nSPS) is 24.6. The lowest BCUT2D eigenvalue weighted by molar-refractivity contribution is 0.0638. The first-order valence-corrected chi connectivity index (χ1v) is 10.1. The molecule has 0 spiro atoms. The number of alkyl halides is 1. The van der Waals surface area contributed by atoms with Crippen molar-refractivity contribution in [3.05, 3.63) is 65.4 Å². The van der Waals surface area contributed by atoms with Crippen molar-refractivity contribution in [2.75, 3.05) is 0 Å². The fourth-order valence-corrected chi connectivity index (χ4v) is 3.94. The van der Waals surface area contributed by atoms with Gasteiger partial charge >= 0.3 is 0 Å². The number of hydrogen-bond acceptors (Lipinski definition) is 4. The van der Waals surface area contributed by atoms with E-state index in [0.29, 0.717) is 6.42 Å². The quantitative estimate of drug-likeness (QED) is 0.679. The van der Waals surface area contributed by atoms with Crippen LogP contribution in [0.4, 0.5) is 4.39 Å². The number of aromatic hydroxyl groups is 1. The van der Waals surface area contributed by atoms with E-state index in [4.69, 9.17) is 4.74 Å². The van der Waals surface area contributed by atoms with Gasteiger partial charge in [0.2, 0.25) is 0 Å². The number of hydrogen-bond donors (Lipinski definition) is 3. The van der Waals surface area contributed by atoms with Gasteiger partial charge < -0.3 is 20.5 Å². The highest BCUT2D eigenvalue weighted by atomic mass is 19.1. The van der Waals surface area contributed by atoms with Crippen LogP contribution in [0.5, 0.6) is 11.5 Å². The molecule has 0 amide bonds. The summed E-state index contributed by atoms with van der Waals surface area (Å²) in [5.41, 5.74) is 4.33. The van der Waals surface area contributed by atoms with Crippen LogP contribution >= 0.6 is 0 Å². The minimum absolute atomic E-state index is 0.0315. The van der Waals surface area contributed by atoms with Crippen molar-refractivity contribution in [1.82, 2.24) is 10.6 Å². The largest absolute Gasteiger partial charge is 0.508 e. The number of ether oxygens (including phenoxy) is 1. The summed E-state index contributed by atoms with van der Waals surface area (Å²) in [5, 5.41) is 16.6. The van der Waals surface area contributed by atoms with E-state index in [0.717, 1.165) is 54.0 Å². The monoisotopic (exact) mass is 382 g/mol. The van der Waals surface area contributed by atoms with Gasteiger partial charge in [0, 0.05) is 5.70 Å². The number of phenolic OH excluding ortho intramolecular Hbond substituents is 1. The van der Waals surface area contributed by atoms with E-state index in [2.05, 4.69) is 17.6 Å². The third-order valence-electron chi connectivity index (χ3n) is 5.54. The van der Waals surface area contributed by atoms with Crippen LogP contribution in [0.15, 0.2) is 54.2 Å². The molecule has 3 atom stereocenters. The van der Waals surface area contributed by atoms with Gasteiger partial charge in [0.1, 0.15) is 29.9 Å². The third kappa shape index (κ3) is 3.93. The first-order chi connectivity index (χ1) is 13.6. The Hall–Kier alpha value is -2.69. The number of halogens is 1. The van der Waals surface area contributed by atoms with Gasteiger partial charge in [-0.15, -0.1) is 0 Å². The Bertz CT molecular complexity index is 833. The second-order valence-electron chi connectivity index (χ2n) is 7.50. The Morgan fingerprint density at radius 2 is 1.71 bits per heavy atom. The zero-order chi connectivity index (χ0) is 19.5. The summed E-state index contributed by atoms with van der Waals surface area (Å²) in [5.74, 6) is 0.979. The molecule has 28 heavy (non-hydrogen) atoms. The number of phenols is 1. The lowest BCUT2D eigenvalue weighted by Crippen LogP contribution is -2.31. The van der Waals surface area contributed by atoms with E-state index < -0.39 is 6.17 Å². The summed E-state index contributed by atoms with van der Waals surface area (Å²) in [7, 11) is 0. The molecule has 1 fully saturated rings. The Morgan fingerprint density at radius 1 is 1.00 bits per heavy atom. The van der Waals surface area contributed by atoms with Crippen molar-refractivity contribution >= 4 is 5.70 Å². The van der Waals surface area contributed by atoms with Gasteiger partial charge in [-0.3, -0.25) is 0 Å². The molecule has 3 unspecified atom stereocenters. The molecule has 1 heterocycles. The van der Waals surface area contributed by atoms with Crippen molar-refractivity contribution in [3.63, 3.8) is 0 Å². The summed E-state index contributed by atoms with van der Waals surface area (Å²) < 4.78 is 19.9. The molecular formula is C23H27FN2O2. The predicted molar refractivity (Wildman–Crippen MR) is 109 cm³/mol. The Balaban J connectivity index is 1.47. The number of benzene rings is 2. The molecule has 4 nitrogen and oxygen atoms in total.